The average molecular weight is 294 g/mol. The van der Waals surface area contributed by atoms with Crippen LogP contribution in [-0.4, -0.2) is 31.5 Å². The molecule has 1 aromatic carbocycles. The molecular weight excluding hydrogens is 280 g/mol. The summed E-state index contributed by atoms with van der Waals surface area (Å²) in [6.07, 6.45) is -0.143. The van der Waals surface area contributed by atoms with Crippen molar-refractivity contribution < 1.29 is 27.1 Å². The van der Waals surface area contributed by atoms with Crippen LogP contribution >= 0.6 is 0 Å². The van der Waals surface area contributed by atoms with Crippen LogP contribution in [-0.2, 0) is 11.2 Å². The third-order valence-electron chi connectivity index (χ3n) is 2.36. The van der Waals surface area contributed by atoms with Gasteiger partial charge in [-0.05, 0) is 17.7 Å². The van der Waals surface area contributed by atoms with Crippen molar-refractivity contribution in [2.75, 3.05) is 13.1 Å². The molecule has 0 heterocycles. The molecule has 0 saturated heterocycles. The van der Waals surface area contributed by atoms with E-state index in [2.05, 4.69) is 4.74 Å². The molecule has 0 radical (unpaired) electrons. The van der Waals surface area contributed by atoms with Crippen LogP contribution in [0.4, 0.5) is 17.6 Å². The zero-order valence-electron chi connectivity index (χ0n) is 10.4. The lowest BCUT2D eigenvalue weighted by Gasteiger charge is -2.14. The second kappa shape index (κ2) is 7.09. The van der Waals surface area contributed by atoms with Crippen molar-refractivity contribution >= 4 is 5.91 Å². The molecule has 0 aliphatic rings. The Morgan fingerprint density at radius 3 is 2.40 bits per heavy atom. The number of benzene rings is 1. The third kappa shape index (κ3) is 5.87. The Hall–Kier alpha value is -1.83. The Morgan fingerprint density at radius 1 is 1.30 bits per heavy atom. The molecule has 112 valence electrons. The fourth-order valence-corrected chi connectivity index (χ4v) is 1.34. The van der Waals surface area contributed by atoms with E-state index >= 15 is 0 Å². The maximum Gasteiger partial charge on any atom is 0.387 e. The number of halogens is 4. The minimum absolute atomic E-state index is 0.0428. The van der Waals surface area contributed by atoms with Gasteiger partial charge >= 0.3 is 6.61 Å². The Labute approximate surface area is 112 Å². The number of carbonyl (C=O) groups excluding carboxylic acids is 1. The summed E-state index contributed by atoms with van der Waals surface area (Å²) in [7, 11) is 0. The van der Waals surface area contributed by atoms with Crippen LogP contribution in [0.2, 0.25) is 0 Å². The monoisotopic (exact) mass is 294 g/mol. The number of amides is 1. The molecular formula is C12H14F4N2O2. The van der Waals surface area contributed by atoms with E-state index in [1.54, 1.807) is 0 Å². The van der Waals surface area contributed by atoms with Crippen molar-refractivity contribution in [2.45, 2.75) is 19.0 Å². The van der Waals surface area contributed by atoms with E-state index < -0.39 is 31.5 Å². The minimum Gasteiger partial charge on any atom is -0.435 e. The van der Waals surface area contributed by atoms with Crippen LogP contribution in [0.25, 0.3) is 0 Å². The van der Waals surface area contributed by atoms with E-state index in [1.807, 2.05) is 5.32 Å². The molecule has 0 aliphatic heterocycles. The lowest BCUT2D eigenvalue weighted by molar-refractivity contribution is -0.122. The third-order valence-corrected chi connectivity index (χ3v) is 2.36. The smallest absolute Gasteiger partial charge is 0.387 e. The molecule has 0 saturated carbocycles. The molecule has 0 unspecified atom stereocenters. The number of hydrogen-bond acceptors (Lipinski definition) is 3. The Kier molecular flexibility index (Phi) is 5.75. The van der Waals surface area contributed by atoms with E-state index in [4.69, 9.17) is 5.73 Å². The van der Waals surface area contributed by atoms with Crippen molar-refractivity contribution in [3.63, 3.8) is 0 Å². The summed E-state index contributed by atoms with van der Waals surface area (Å²) in [5, 5.41) is 2.05. The summed E-state index contributed by atoms with van der Waals surface area (Å²) in [5.41, 5.74) is 5.31. The van der Waals surface area contributed by atoms with E-state index in [0.29, 0.717) is 5.56 Å². The molecule has 1 rings (SSSR count). The van der Waals surface area contributed by atoms with Crippen molar-refractivity contribution in [3.05, 3.63) is 29.8 Å². The van der Waals surface area contributed by atoms with Gasteiger partial charge in [0.15, 0.2) is 0 Å². The van der Waals surface area contributed by atoms with E-state index in [1.165, 1.54) is 24.3 Å². The summed E-state index contributed by atoms with van der Waals surface area (Å²) < 4.78 is 53.6. The number of rotatable bonds is 7. The molecule has 4 nitrogen and oxygen atoms in total. The van der Waals surface area contributed by atoms with Gasteiger partial charge in [0.25, 0.3) is 5.92 Å². The predicted octanol–water partition coefficient (Wildman–Crippen LogP) is 1.54. The van der Waals surface area contributed by atoms with Crippen molar-refractivity contribution in [1.29, 1.82) is 0 Å². The highest BCUT2D eigenvalue weighted by molar-refractivity contribution is 5.78. The van der Waals surface area contributed by atoms with Crippen molar-refractivity contribution in [3.8, 4) is 5.75 Å². The summed E-state index contributed by atoms with van der Waals surface area (Å²) in [6.45, 7) is -4.62. The highest BCUT2D eigenvalue weighted by Crippen LogP contribution is 2.15. The zero-order valence-corrected chi connectivity index (χ0v) is 10.4. The summed E-state index contributed by atoms with van der Waals surface area (Å²) in [5.74, 6) is -3.80. The van der Waals surface area contributed by atoms with Gasteiger partial charge in [0.05, 0.1) is 19.5 Å². The predicted molar refractivity (Wildman–Crippen MR) is 63.8 cm³/mol. The van der Waals surface area contributed by atoms with Crippen LogP contribution in [0.1, 0.15) is 5.56 Å². The first-order valence-electron chi connectivity index (χ1n) is 5.71. The summed E-state index contributed by atoms with van der Waals surface area (Å²) >= 11 is 0. The van der Waals surface area contributed by atoms with Crippen LogP contribution in [0, 0.1) is 0 Å². The van der Waals surface area contributed by atoms with Gasteiger partial charge in [-0.1, -0.05) is 12.1 Å². The second-order valence-electron chi connectivity index (χ2n) is 4.04. The quantitative estimate of drug-likeness (QED) is 0.750. The van der Waals surface area contributed by atoms with Crippen LogP contribution in [0.3, 0.4) is 0 Å². The normalized spacial score (nSPS) is 11.5. The van der Waals surface area contributed by atoms with Gasteiger partial charge in [0, 0.05) is 0 Å². The fraction of sp³-hybridized carbons (Fsp3) is 0.417. The first-order valence-corrected chi connectivity index (χ1v) is 5.71. The average Bonchev–Trinajstić information content (AvgIpc) is 2.38. The molecule has 0 aromatic heterocycles. The van der Waals surface area contributed by atoms with E-state index in [0.717, 1.165) is 0 Å². The molecule has 1 amide bonds. The number of alkyl halides is 4. The second-order valence-corrected chi connectivity index (χ2v) is 4.04. The minimum atomic E-state index is -3.15. The number of carbonyl (C=O) groups is 1. The van der Waals surface area contributed by atoms with Gasteiger partial charge in [-0.15, -0.1) is 0 Å². The topological polar surface area (TPSA) is 64.3 Å². The van der Waals surface area contributed by atoms with Gasteiger partial charge in [0.1, 0.15) is 5.75 Å². The van der Waals surface area contributed by atoms with Crippen LogP contribution < -0.4 is 15.8 Å². The first-order chi connectivity index (χ1) is 9.32. The van der Waals surface area contributed by atoms with Gasteiger partial charge in [0.2, 0.25) is 5.91 Å². The van der Waals surface area contributed by atoms with Crippen molar-refractivity contribution in [2.24, 2.45) is 5.73 Å². The van der Waals surface area contributed by atoms with Gasteiger partial charge < -0.3 is 15.8 Å². The largest absolute Gasteiger partial charge is 0.435 e. The molecule has 8 heteroatoms. The summed E-state index contributed by atoms with van der Waals surface area (Å²) in [4.78, 5) is 11.4. The fourth-order valence-electron chi connectivity index (χ4n) is 1.34. The molecule has 0 bridgehead atoms. The van der Waals surface area contributed by atoms with E-state index in [-0.39, 0.29) is 12.2 Å². The standard InChI is InChI=1S/C12H14F4N2O2/c13-11(14)20-9-3-1-8(2-4-9)5-10(19)18-7-12(15,16)6-17/h1-4,11H,5-7,17H2,(H,18,19). The highest BCUT2D eigenvalue weighted by Gasteiger charge is 2.27. The van der Waals surface area contributed by atoms with Crippen LogP contribution in [0.15, 0.2) is 24.3 Å². The summed E-state index contributed by atoms with van der Waals surface area (Å²) in [6, 6.07) is 5.34. The maximum absolute atomic E-state index is 12.8. The molecule has 0 fully saturated rings. The van der Waals surface area contributed by atoms with E-state index in [9.17, 15) is 22.4 Å². The molecule has 1 aromatic rings. The number of ether oxygens (including phenoxy) is 1. The Morgan fingerprint density at radius 2 is 1.90 bits per heavy atom. The number of hydrogen-bond donors (Lipinski definition) is 2. The maximum atomic E-state index is 12.8. The zero-order chi connectivity index (χ0) is 15.2. The number of nitrogens with one attached hydrogen (secondary N) is 1. The van der Waals surface area contributed by atoms with Gasteiger partial charge in [-0.2, -0.15) is 8.78 Å². The van der Waals surface area contributed by atoms with Gasteiger partial charge in [-0.25, -0.2) is 8.78 Å². The molecule has 3 N–H and O–H groups in total. The molecule has 0 atom stereocenters. The molecule has 0 aliphatic carbocycles. The lowest BCUT2D eigenvalue weighted by Crippen LogP contribution is -2.42. The Bertz CT molecular complexity index is 438. The van der Waals surface area contributed by atoms with Gasteiger partial charge in [-0.3, -0.25) is 4.79 Å². The highest BCUT2D eigenvalue weighted by atomic mass is 19.3. The van der Waals surface area contributed by atoms with Crippen molar-refractivity contribution in [1.82, 2.24) is 5.32 Å². The van der Waals surface area contributed by atoms with Crippen LogP contribution in [0.5, 0.6) is 5.75 Å². The lowest BCUT2D eigenvalue weighted by atomic mass is 10.1. The molecule has 0 spiro atoms. The Balaban J connectivity index is 2.46. The first kappa shape index (κ1) is 16.2. The SMILES string of the molecule is NCC(F)(F)CNC(=O)Cc1ccc(OC(F)F)cc1. The number of nitrogens with two attached hydrogens (primary N) is 1. The molecule has 20 heavy (non-hydrogen) atoms.